The zero-order chi connectivity index (χ0) is 17.3. The Morgan fingerprint density at radius 3 is 2.27 bits per heavy atom. The quantitative estimate of drug-likeness (QED) is 0.831. The minimum atomic E-state index is 0.541. The van der Waals surface area contributed by atoms with Crippen LogP contribution in [0.3, 0.4) is 0 Å². The van der Waals surface area contributed by atoms with Crippen molar-refractivity contribution in [2.75, 3.05) is 31.1 Å². The fourth-order valence-electron chi connectivity index (χ4n) is 7.04. The molecule has 1 aliphatic heterocycles. The van der Waals surface area contributed by atoms with Crippen LogP contribution < -0.4 is 4.90 Å². The highest BCUT2D eigenvalue weighted by atomic mass is 15.4. The first-order valence-electron chi connectivity index (χ1n) is 10.4. The Labute approximate surface area is 154 Å². The van der Waals surface area contributed by atoms with Gasteiger partial charge in [0.05, 0.1) is 11.4 Å². The molecule has 26 heavy (non-hydrogen) atoms. The highest BCUT2D eigenvalue weighted by Crippen LogP contribution is 2.57. The zero-order valence-electron chi connectivity index (χ0n) is 15.6. The van der Waals surface area contributed by atoms with E-state index in [4.69, 9.17) is 0 Å². The third-order valence-electron chi connectivity index (χ3n) is 7.67. The van der Waals surface area contributed by atoms with Crippen molar-refractivity contribution in [1.29, 1.82) is 0 Å². The Hall–Kier alpha value is -1.69. The van der Waals surface area contributed by atoms with Crippen LogP contribution in [0.2, 0.25) is 0 Å². The van der Waals surface area contributed by atoms with Crippen LogP contribution >= 0.6 is 0 Å². The maximum absolute atomic E-state index is 4.49. The number of fused-ring (bicyclic) bond motifs is 1. The number of rotatable bonds is 2. The van der Waals surface area contributed by atoms with Crippen molar-refractivity contribution < 1.29 is 0 Å². The van der Waals surface area contributed by atoms with Gasteiger partial charge >= 0.3 is 0 Å². The van der Waals surface area contributed by atoms with Gasteiger partial charge in [0.2, 0.25) is 5.65 Å². The zero-order valence-corrected chi connectivity index (χ0v) is 15.6. The van der Waals surface area contributed by atoms with Gasteiger partial charge in [-0.1, -0.05) is 0 Å². The van der Waals surface area contributed by atoms with Crippen molar-refractivity contribution in [3.05, 3.63) is 18.1 Å². The van der Waals surface area contributed by atoms with Gasteiger partial charge in [0.1, 0.15) is 6.33 Å². The molecular weight excluding hydrogens is 324 g/mol. The highest BCUT2D eigenvalue weighted by Gasteiger charge is 2.53. The lowest BCUT2D eigenvalue weighted by atomic mass is 9.52. The molecule has 0 unspecified atom stereocenters. The van der Waals surface area contributed by atoms with E-state index in [0.29, 0.717) is 5.54 Å². The predicted molar refractivity (Wildman–Crippen MR) is 100 cm³/mol. The molecule has 2 aromatic heterocycles. The summed E-state index contributed by atoms with van der Waals surface area (Å²) in [6.07, 6.45) is 10.7. The molecule has 6 heteroatoms. The Balaban J connectivity index is 1.23. The van der Waals surface area contributed by atoms with Crippen LogP contribution in [0.15, 0.2) is 12.4 Å². The summed E-state index contributed by atoms with van der Waals surface area (Å²) in [5.41, 5.74) is 3.65. The standard InChI is InChI=1S/C20H28N6/c1-14-6-18(19-22-21-13-26(19)23-14)24-2-4-25(5-3-24)20-10-15-7-16(11-20)9-17(8-15)12-20/h6,13,15-17H,2-5,7-12H2,1H3. The summed E-state index contributed by atoms with van der Waals surface area (Å²) < 4.78 is 1.82. The van der Waals surface area contributed by atoms with E-state index in [2.05, 4.69) is 38.1 Å². The second-order valence-electron chi connectivity index (χ2n) is 9.39. The third-order valence-corrected chi connectivity index (χ3v) is 7.67. The van der Waals surface area contributed by atoms with E-state index in [1.165, 1.54) is 57.3 Å². The molecule has 4 saturated carbocycles. The molecule has 5 aliphatic rings. The van der Waals surface area contributed by atoms with Crippen molar-refractivity contribution >= 4 is 11.3 Å². The molecule has 5 fully saturated rings. The number of piperazine rings is 1. The van der Waals surface area contributed by atoms with Gasteiger partial charge in [-0.05, 0) is 69.3 Å². The van der Waals surface area contributed by atoms with E-state index in [1.54, 1.807) is 6.33 Å². The van der Waals surface area contributed by atoms with E-state index < -0.39 is 0 Å². The maximum Gasteiger partial charge on any atom is 0.200 e. The Kier molecular flexibility index (Phi) is 3.20. The lowest BCUT2D eigenvalue weighted by molar-refractivity contribution is -0.0901. The number of nitrogens with zero attached hydrogens (tertiary/aromatic N) is 6. The van der Waals surface area contributed by atoms with E-state index >= 15 is 0 Å². The summed E-state index contributed by atoms with van der Waals surface area (Å²) in [6, 6.07) is 2.17. The van der Waals surface area contributed by atoms with E-state index in [1.807, 2.05) is 4.52 Å². The lowest BCUT2D eigenvalue weighted by Crippen LogP contribution is -2.64. The normalized spacial score (nSPS) is 37.0. The molecule has 0 amide bonds. The first kappa shape index (κ1) is 15.4. The molecule has 6 nitrogen and oxygen atoms in total. The molecule has 138 valence electrons. The first-order chi connectivity index (χ1) is 12.7. The van der Waals surface area contributed by atoms with E-state index in [-0.39, 0.29) is 0 Å². The molecule has 2 aromatic rings. The third kappa shape index (κ3) is 2.24. The topological polar surface area (TPSA) is 49.6 Å². The molecule has 3 heterocycles. The van der Waals surface area contributed by atoms with Crippen LogP contribution in [0, 0.1) is 24.7 Å². The Bertz CT molecular complexity index is 799. The average Bonchev–Trinajstić information content (AvgIpc) is 3.08. The molecule has 1 saturated heterocycles. The second kappa shape index (κ2) is 5.41. The van der Waals surface area contributed by atoms with Crippen LogP contribution in [-0.2, 0) is 0 Å². The van der Waals surface area contributed by atoms with Gasteiger partial charge in [0.25, 0.3) is 0 Å². The van der Waals surface area contributed by atoms with E-state index in [9.17, 15) is 0 Å². The summed E-state index contributed by atoms with van der Waals surface area (Å²) in [5, 5.41) is 12.8. The van der Waals surface area contributed by atoms with Crippen LogP contribution in [0.25, 0.3) is 5.65 Å². The van der Waals surface area contributed by atoms with Crippen molar-refractivity contribution in [2.24, 2.45) is 17.8 Å². The first-order valence-corrected chi connectivity index (χ1v) is 10.4. The number of hydrogen-bond acceptors (Lipinski definition) is 5. The number of anilines is 1. The highest BCUT2D eigenvalue weighted by molar-refractivity contribution is 5.68. The van der Waals surface area contributed by atoms with Gasteiger partial charge in [0, 0.05) is 31.7 Å². The molecule has 4 aliphatic carbocycles. The van der Waals surface area contributed by atoms with Gasteiger partial charge in [-0.15, -0.1) is 10.2 Å². The second-order valence-corrected chi connectivity index (χ2v) is 9.39. The summed E-state index contributed by atoms with van der Waals surface area (Å²) >= 11 is 0. The lowest BCUT2D eigenvalue weighted by Gasteiger charge is -2.61. The van der Waals surface area contributed by atoms with Crippen molar-refractivity contribution in [3.63, 3.8) is 0 Å². The molecule has 4 bridgehead atoms. The van der Waals surface area contributed by atoms with Crippen molar-refractivity contribution in [1.82, 2.24) is 24.7 Å². The van der Waals surface area contributed by atoms with Crippen LogP contribution in [0.5, 0.6) is 0 Å². The minimum Gasteiger partial charge on any atom is -0.366 e. The van der Waals surface area contributed by atoms with Crippen molar-refractivity contribution in [2.45, 2.75) is 51.0 Å². The van der Waals surface area contributed by atoms with Crippen LogP contribution in [0.1, 0.15) is 44.2 Å². The fraction of sp³-hybridized carbons (Fsp3) is 0.750. The van der Waals surface area contributed by atoms with Gasteiger partial charge in [-0.2, -0.15) is 9.61 Å². The molecular formula is C20H28N6. The van der Waals surface area contributed by atoms with Gasteiger partial charge in [-0.25, -0.2) is 0 Å². The summed E-state index contributed by atoms with van der Waals surface area (Å²) in [6.45, 7) is 6.61. The fourth-order valence-corrected chi connectivity index (χ4v) is 7.04. The smallest absolute Gasteiger partial charge is 0.200 e. The molecule has 0 spiro atoms. The molecule has 0 N–H and O–H groups in total. The predicted octanol–water partition coefficient (Wildman–Crippen LogP) is 2.52. The average molecular weight is 352 g/mol. The van der Waals surface area contributed by atoms with Crippen LogP contribution in [0.4, 0.5) is 5.69 Å². The largest absolute Gasteiger partial charge is 0.366 e. The minimum absolute atomic E-state index is 0.541. The molecule has 7 rings (SSSR count). The summed E-state index contributed by atoms with van der Waals surface area (Å²) in [7, 11) is 0. The molecule has 0 atom stereocenters. The Morgan fingerprint density at radius 1 is 0.962 bits per heavy atom. The number of hydrogen-bond donors (Lipinski definition) is 0. The van der Waals surface area contributed by atoms with Gasteiger partial charge in [0.15, 0.2) is 0 Å². The molecule has 0 radical (unpaired) electrons. The number of aromatic nitrogens is 4. The van der Waals surface area contributed by atoms with Gasteiger partial charge in [-0.3, -0.25) is 4.90 Å². The summed E-state index contributed by atoms with van der Waals surface area (Å²) in [4.78, 5) is 5.37. The SMILES string of the molecule is Cc1cc(N2CCN(C34CC5CC(CC(C5)C3)C4)CC2)c2nncn2n1. The summed E-state index contributed by atoms with van der Waals surface area (Å²) in [5.74, 6) is 3.08. The van der Waals surface area contributed by atoms with Gasteiger partial charge < -0.3 is 4.90 Å². The van der Waals surface area contributed by atoms with Crippen molar-refractivity contribution in [3.8, 4) is 0 Å². The maximum atomic E-state index is 4.49. The van der Waals surface area contributed by atoms with Crippen LogP contribution in [-0.4, -0.2) is 56.4 Å². The Morgan fingerprint density at radius 2 is 1.62 bits per heavy atom. The van der Waals surface area contributed by atoms with E-state index in [0.717, 1.165) is 42.2 Å². The molecule has 0 aromatic carbocycles. The number of aryl methyl sites for hydroxylation is 1. The monoisotopic (exact) mass is 352 g/mol.